The van der Waals surface area contributed by atoms with E-state index in [1.54, 1.807) is 17.6 Å². The van der Waals surface area contributed by atoms with E-state index in [0.29, 0.717) is 5.56 Å². The molecule has 1 atom stereocenters. The monoisotopic (exact) mass is 380 g/mol. The first-order valence-corrected chi connectivity index (χ1v) is 9.89. The summed E-state index contributed by atoms with van der Waals surface area (Å²) in [5.74, 6) is -0.284. The van der Waals surface area contributed by atoms with Crippen LogP contribution >= 0.6 is 0 Å². The standard InChI is InChI=1S/C23H28N2O3/c1-16(2)20(17-10-12-18(13-11-17)21(26)25-28)24-22(27)23(14-6-7-15-23)19-8-4-3-5-9-19/h3-5,8-13,16,20,28H,6-7,14-15H2,1-2H3,(H,24,27)(H,25,26). The molecule has 1 aliphatic rings. The lowest BCUT2D eigenvalue weighted by molar-refractivity contribution is -0.127. The van der Waals surface area contributed by atoms with Gasteiger partial charge in [-0.2, -0.15) is 0 Å². The van der Waals surface area contributed by atoms with Crippen molar-refractivity contribution in [2.45, 2.75) is 51.0 Å². The van der Waals surface area contributed by atoms with Gasteiger partial charge in [-0.1, -0.05) is 69.2 Å². The van der Waals surface area contributed by atoms with Gasteiger partial charge in [0.2, 0.25) is 5.91 Å². The smallest absolute Gasteiger partial charge is 0.274 e. The van der Waals surface area contributed by atoms with E-state index in [-0.39, 0.29) is 17.9 Å². The number of hydrogen-bond donors (Lipinski definition) is 3. The molecule has 3 N–H and O–H groups in total. The molecular weight excluding hydrogens is 352 g/mol. The molecule has 5 heteroatoms. The molecule has 28 heavy (non-hydrogen) atoms. The lowest BCUT2D eigenvalue weighted by atomic mass is 9.77. The molecule has 1 unspecified atom stereocenters. The molecule has 0 bridgehead atoms. The van der Waals surface area contributed by atoms with Crippen LogP contribution in [-0.4, -0.2) is 17.0 Å². The Bertz CT molecular complexity index is 810. The molecule has 3 rings (SSSR count). The highest BCUT2D eigenvalue weighted by molar-refractivity contribution is 5.93. The van der Waals surface area contributed by atoms with Crippen molar-refractivity contribution in [3.05, 3.63) is 71.3 Å². The molecule has 148 valence electrons. The Kier molecular flexibility index (Phi) is 6.15. The Hall–Kier alpha value is -2.66. The van der Waals surface area contributed by atoms with E-state index in [1.807, 2.05) is 30.3 Å². The average molecular weight is 380 g/mol. The van der Waals surface area contributed by atoms with Gasteiger partial charge in [0.05, 0.1) is 11.5 Å². The second-order valence-corrected chi connectivity index (χ2v) is 7.91. The van der Waals surface area contributed by atoms with Crippen molar-refractivity contribution in [3.63, 3.8) is 0 Å². The summed E-state index contributed by atoms with van der Waals surface area (Å²) < 4.78 is 0. The number of nitrogens with one attached hydrogen (secondary N) is 2. The maximum absolute atomic E-state index is 13.5. The first-order chi connectivity index (χ1) is 13.5. The number of carbonyl (C=O) groups excluding carboxylic acids is 2. The Morgan fingerprint density at radius 3 is 2.11 bits per heavy atom. The molecule has 5 nitrogen and oxygen atoms in total. The van der Waals surface area contributed by atoms with Crippen LogP contribution in [0.25, 0.3) is 0 Å². The number of rotatable bonds is 6. The fourth-order valence-corrected chi connectivity index (χ4v) is 4.20. The summed E-state index contributed by atoms with van der Waals surface area (Å²) in [6.45, 7) is 4.15. The minimum Gasteiger partial charge on any atom is -0.348 e. The van der Waals surface area contributed by atoms with Crippen LogP contribution in [0.1, 0.15) is 67.1 Å². The third kappa shape index (κ3) is 3.94. The molecular formula is C23H28N2O3. The van der Waals surface area contributed by atoms with E-state index >= 15 is 0 Å². The fourth-order valence-electron chi connectivity index (χ4n) is 4.20. The average Bonchev–Trinajstić information content (AvgIpc) is 3.23. The predicted molar refractivity (Wildman–Crippen MR) is 108 cm³/mol. The largest absolute Gasteiger partial charge is 0.348 e. The Morgan fingerprint density at radius 2 is 1.57 bits per heavy atom. The normalized spacial score (nSPS) is 16.6. The lowest BCUT2D eigenvalue weighted by Crippen LogP contribution is -2.45. The van der Waals surface area contributed by atoms with Crippen LogP contribution in [0.15, 0.2) is 54.6 Å². The third-order valence-electron chi connectivity index (χ3n) is 5.80. The van der Waals surface area contributed by atoms with Gasteiger partial charge in [0, 0.05) is 5.56 Å². The van der Waals surface area contributed by atoms with Crippen molar-refractivity contribution in [1.29, 1.82) is 0 Å². The molecule has 1 saturated carbocycles. The molecule has 0 heterocycles. The first-order valence-electron chi connectivity index (χ1n) is 9.89. The van der Waals surface area contributed by atoms with Gasteiger partial charge in [-0.3, -0.25) is 14.8 Å². The van der Waals surface area contributed by atoms with E-state index in [0.717, 1.165) is 36.8 Å². The maximum Gasteiger partial charge on any atom is 0.274 e. The zero-order chi connectivity index (χ0) is 20.1. The molecule has 0 spiro atoms. The number of amides is 2. The molecule has 0 saturated heterocycles. The zero-order valence-corrected chi connectivity index (χ0v) is 16.4. The SMILES string of the molecule is CC(C)C(NC(=O)C1(c2ccccc2)CCCC1)c1ccc(C(=O)NO)cc1. The van der Waals surface area contributed by atoms with Gasteiger partial charge in [-0.25, -0.2) is 5.48 Å². The second kappa shape index (κ2) is 8.57. The summed E-state index contributed by atoms with van der Waals surface area (Å²) in [6.07, 6.45) is 3.84. The number of benzene rings is 2. The highest BCUT2D eigenvalue weighted by Gasteiger charge is 2.43. The third-order valence-corrected chi connectivity index (χ3v) is 5.80. The van der Waals surface area contributed by atoms with Gasteiger partial charge in [0.15, 0.2) is 0 Å². The number of hydroxylamine groups is 1. The van der Waals surface area contributed by atoms with Gasteiger partial charge in [0.1, 0.15) is 0 Å². The van der Waals surface area contributed by atoms with Crippen molar-refractivity contribution in [2.75, 3.05) is 0 Å². The topological polar surface area (TPSA) is 78.4 Å². The van der Waals surface area contributed by atoms with Crippen LogP contribution in [0.5, 0.6) is 0 Å². The van der Waals surface area contributed by atoms with Crippen LogP contribution in [0.3, 0.4) is 0 Å². The maximum atomic E-state index is 13.5. The minimum atomic E-state index is -0.550. The quantitative estimate of drug-likeness (QED) is 0.521. The van der Waals surface area contributed by atoms with Gasteiger partial charge < -0.3 is 5.32 Å². The highest BCUT2D eigenvalue weighted by atomic mass is 16.5. The fraction of sp³-hybridized carbons (Fsp3) is 0.391. The van der Waals surface area contributed by atoms with Gasteiger partial charge in [-0.05, 0) is 42.0 Å². The first kappa shape index (κ1) is 20.1. The van der Waals surface area contributed by atoms with Gasteiger partial charge in [-0.15, -0.1) is 0 Å². The lowest BCUT2D eigenvalue weighted by Gasteiger charge is -2.32. The van der Waals surface area contributed by atoms with E-state index in [4.69, 9.17) is 5.21 Å². The minimum absolute atomic E-state index is 0.0760. The Labute approximate surface area is 166 Å². The van der Waals surface area contributed by atoms with Crippen LogP contribution in [0.4, 0.5) is 0 Å². The van der Waals surface area contributed by atoms with Crippen molar-refractivity contribution >= 4 is 11.8 Å². The van der Waals surface area contributed by atoms with Gasteiger partial charge >= 0.3 is 0 Å². The van der Waals surface area contributed by atoms with Crippen molar-refractivity contribution in [1.82, 2.24) is 10.8 Å². The van der Waals surface area contributed by atoms with Crippen molar-refractivity contribution in [2.24, 2.45) is 5.92 Å². The second-order valence-electron chi connectivity index (χ2n) is 7.91. The predicted octanol–water partition coefficient (Wildman–Crippen LogP) is 4.13. The summed E-state index contributed by atoms with van der Waals surface area (Å²) in [4.78, 5) is 25.0. The molecule has 1 aliphatic carbocycles. The van der Waals surface area contributed by atoms with Crippen molar-refractivity contribution < 1.29 is 14.8 Å². The number of carbonyl (C=O) groups is 2. The summed E-state index contributed by atoms with van der Waals surface area (Å²) in [5.41, 5.74) is 3.57. The van der Waals surface area contributed by atoms with Crippen LogP contribution in [0.2, 0.25) is 0 Å². The molecule has 0 aromatic heterocycles. The van der Waals surface area contributed by atoms with E-state index in [9.17, 15) is 9.59 Å². The zero-order valence-electron chi connectivity index (χ0n) is 16.4. The highest BCUT2D eigenvalue weighted by Crippen LogP contribution is 2.42. The number of hydrogen-bond acceptors (Lipinski definition) is 3. The molecule has 0 radical (unpaired) electrons. The van der Waals surface area contributed by atoms with Crippen LogP contribution in [0, 0.1) is 5.92 Å². The molecule has 0 aliphatic heterocycles. The summed E-state index contributed by atoms with van der Waals surface area (Å²) in [5, 5.41) is 12.1. The van der Waals surface area contributed by atoms with Crippen LogP contribution < -0.4 is 10.8 Å². The summed E-state index contributed by atoms with van der Waals surface area (Å²) in [6, 6.07) is 16.9. The summed E-state index contributed by atoms with van der Waals surface area (Å²) >= 11 is 0. The van der Waals surface area contributed by atoms with E-state index < -0.39 is 11.3 Å². The molecule has 2 amide bonds. The Morgan fingerprint density at radius 1 is 0.964 bits per heavy atom. The molecule has 2 aromatic carbocycles. The molecule has 1 fully saturated rings. The van der Waals surface area contributed by atoms with Gasteiger partial charge in [0.25, 0.3) is 5.91 Å². The Balaban J connectivity index is 1.85. The van der Waals surface area contributed by atoms with Crippen LogP contribution in [-0.2, 0) is 10.2 Å². The summed E-state index contributed by atoms with van der Waals surface area (Å²) in [7, 11) is 0. The molecule has 2 aromatic rings. The van der Waals surface area contributed by atoms with E-state index in [2.05, 4.69) is 31.3 Å². The van der Waals surface area contributed by atoms with E-state index in [1.165, 1.54) is 0 Å². The van der Waals surface area contributed by atoms with Crippen molar-refractivity contribution in [3.8, 4) is 0 Å².